The van der Waals surface area contributed by atoms with E-state index in [-0.39, 0.29) is 12.4 Å². The van der Waals surface area contributed by atoms with Gasteiger partial charge in [0.05, 0.1) is 13.7 Å². The molecule has 15 heavy (non-hydrogen) atoms. The van der Waals surface area contributed by atoms with Crippen molar-refractivity contribution in [2.45, 2.75) is 0 Å². The van der Waals surface area contributed by atoms with Crippen molar-refractivity contribution >= 4 is 37.9 Å². The van der Waals surface area contributed by atoms with Gasteiger partial charge in [-0.3, -0.25) is 0 Å². The van der Waals surface area contributed by atoms with Gasteiger partial charge in [0.2, 0.25) is 0 Å². The Bertz CT molecular complexity index is 389. The molecule has 0 aliphatic heterocycles. The Labute approximate surface area is 105 Å². The summed E-state index contributed by atoms with van der Waals surface area (Å²) in [6, 6.07) is 1.66. The maximum absolute atomic E-state index is 9.81. The molecule has 1 aromatic carbocycles. The molecule has 82 valence electrons. The summed E-state index contributed by atoms with van der Waals surface area (Å²) < 4.78 is 6.49. The molecule has 0 spiro atoms. The molecular weight excluding hydrogens is 328 g/mol. The zero-order valence-electron chi connectivity index (χ0n) is 8.00. The van der Waals surface area contributed by atoms with Gasteiger partial charge in [-0.15, -0.1) is 0 Å². The molecule has 0 saturated heterocycles. The van der Waals surface area contributed by atoms with Gasteiger partial charge in [-0.1, -0.05) is 12.2 Å². The minimum absolute atomic E-state index is 0.0391. The first kappa shape index (κ1) is 12.5. The fraction of sp³-hybridized carbons (Fsp3) is 0.200. The summed E-state index contributed by atoms with van der Waals surface area (Å²) in [7, 11) is 1.48. The number of rotatable bonds is 3. The highest BCUT2D eigenvalue weighted by Gasteiger charge is 2.13. The fourth-order valence-corrected chi connectivity index (χ4v) is 1.95. The predicted octanol–water partition coefficient (Wildman–Crippen LogP) is 2.93. The Morgan fingerprint density at radius 2 is 2.13 bits per heavy atom. The summed E-state index contributed by atoms with van der Waals surface area (Å²) >= 11 is 6.66. The number of phenols is 1. The maximum Gasteiger partial charge on any atom is 0.166 e. The van der Waals surface area contributed by atoms with Crippen LogP contribution in [0.2, 0.25) is 0 Å². The summed E-state index contributed by atoms with van der Waals surface area (Å²) in [5.74, 6) is 0.417. The van der Waals surface area contributed by atoms with Gasteiger partial charge in [0.1, 0.15) is 0 Å². The number of halogens is 2. The highest BCUT2D eigenvalue weighted by Crippen LogP contribution is 2.41. The second-order valence-electron chi connectivity index (χ2n) is 2.72. The molecule has 2 N–H and O–H groups in total. The van der Waals surface area contributed by atoms with E-state index in [1.165, 1.54) is 13.2 Å². The standard InChI is InChI=1S/C10H10Br2O3/c1-15-8-5-7(11)9(12)6(10(8)14)3-2-4-13/h2-3,5,13-14H,4H2,1H3/b3-2-. The number of hydrogen-bond donors (Lipinski definition) is 2. The Kier molecular flexibility index (Phi) is 4.63. The smallest absolute Gasteiger partial charge is 0.166 e. The normalized spacial score (nSPS) is 10.9. The van der Waals surface area contributed by atoms with Gasteiger partial charge in [-0.25, -0.2) is 0 Å². The molecule has 0 aliphatic rings. The largest absolute Gasteiger partial charge is 0.504 e. The third-order valence-corrected chi connectivity index (χ3v) is 3.81. The third-order valence-electron chi connectivity index (χ3n) is 1.80. The molecule has 0 fully saturated rings. The number of phenolic OH excluding ortho intramolecular Hbond substituents is 1. The SMILES string of the molecule is COc1cc(Br)c(Br)c(/C=C\CO)c1O. The van der Waals surface area contributed by atoms with Gasteiger partial charge in [0.15, 0.2) is 11.5 Å². The predicted molar refractivity (Wildman–Crippen MR) is 66.2 cm³/mol. The first-order chi connectivity index (χ1) is 7.11. The first-order valence-electron chi connectivity index (χ1n) is 4.14. The van der Waals surface area contributed by atoms with Gasteiger partial charge in [0.25, 0.3) is 0 Å². The van der Waals surface area contributed by atoms with Crippen molar-refractivity contribution in [1.82, 2.24) is 0 Å². The third kappa shape index (κ3) is 2.74. The lowest BCUT2D eigenvalue weighted by molar-refractivity contribution is 0.343. The van der Waals surface area contributed by atoms with Crippen LogP contribution in [-0.4, -0.2) is 23.9 Å². The molecule has 0 atom stereocenters. The van der Waals surface area contributed by atoms with Crippen LogP contribution in [0.3, 0.4) is 0 Å². The molecule has 0 aliphatic carbocycles. The number of hydrogen-bond acceptors (Lipinski definition) is 3. The van der Waals surface area contributed by atoms with Crippen LogP contribution in [0.4, 0.5) is 0 Å². The molecule has 0 aromatic heterocycles. The number of ether oxygens (including phenoxy) is 1. The highest BCUT2D eigenvalue weighted by atomic mass is 79.9. The van der Waals surface area contributed by atoms with E-state index in [0.29, 0.717) is 15.8 Å². The second kappa shape index (κ2) is 5.53. The number of benzene rings is 1. The van der Waals surface area contributed by atoms with Crippen molar-refractivity contribution in [3.63, 3.8) is 0 Å². The summed E-state index contributed by atoms with van der Waals surface area (Å²) in [4.78, 5) is 0. The molecule has 3 nitrogen and oxygen atoms in total. The topological polar surface area (TPSA) is 49.7 Å². The molecule has 1 rings (SSSR count). The van der Waals surface area contributed by atoms with E-state index in [1.54, 1.807) is 12.1 Å². The van der Waals surface area contributed by atoms with E-state index < -0.39 is 0 Å². The second-order valence-corrected chi connectivity index (χ2v) is 4.37. The van der Waals surface area contributed by atoms with Crippen LogP contribution in [0.1, 0.15) is 5.56 Å². The van der Waals surface area contributed by atoms with Crippen LogP contribution in [0.25, 0.3) is 6.08 Å². The summed E-state index contributed by atoms with van der Waals surface area (Å²) in [6.45, 7) is -0.0826. The Hall–Kier alpha value is -0.520. The molecule has 0 amide bonds. The quantitative estimate of drug-likeness (QED) is 0.891. The Morgan fingerprint density at radius 1 is 1.47 bits per heavy atom. The summed E-state index contributed by atoms with van der Waals surface area (Å²) in [6.07, 6.45) is 3.15. The summed E-state index contributed by atoms with van der Waals surface area (Å²) in [5, 5.41) is 18.5. The fourth-order valence-electron chi connectivity index (χ4n) is 1.09. The van der Waals surface area contributed by atoms with Crippen LogP contribution in [0.5, 0.6) is 11.5 Å². The van der Waals surface area contributed by atoms with Crippen molar-refractivity contribution in [2.75, 3.05) is 13.7 Å². The van der Waals surface area contributed by atoms with Gasteiger partial charge in [0, 0.05) is 14.5 Å². The molecule has 1 aromatic rings. The van der Waals surface area contributed by atoms with Gasteiger partial charge >= 0.3 is 0 Å². The Balaban J connectivity index is 3.33. The van der Waals surface area contributed by atoms with Gasteiger partial charge in [-0.05, 0) is 37.9 Å². The minimum Gasteiger partial charge on any atom is -0.504 e. The molecule has 5 heteroatoms. The van der Waals surface area contributed by atoms with E-state index in [9.17, 15) is 5.11 Å². The van der Waals surface area contributed by atoms with E-state index in [0.717, 1.165) is 4.47 Å². The Morgan fingerprint density at radius 3 is 2.67 bits per heavy atom. The maximum atomic E-state index is 9.81. The lowest BCUT2D eigenvalue weighted by atomic mass is 10.1. The van der Waals surface area contributed by atoms with E-state index in [1.807, 2.05) is 0 Å². The number of aromatic hydroxyl groups is 1. The van der Waals surface area contributed by atoms with Crippen LogP contribution in [0, 0.1) is 0 Å². The first-order valence-corrected chi connectivity index (χ1v) is 5.72. The van der Waals surface area contributed by atoms with Crippen LogP contribution >= 0.6 is 31.9 Å². The molecule has 0 bridgehead atoms. The van der Waals surface area contributed by atoms with Crippen molar-refractivity contribution in [3.8, 4) is 11.5 Å². The molecule has 0 unspecified atom stereocenters. The molecule has 0 saturated carbocycles. The zero-order chi connectivity index (χ0) is 11.4. The van der Waals surface area contributed by atoms with Gasteiger partial charge in [-0.2, -0.15) is 0 Å². The zero-order valence-corrected chi connectivity index (χ0v) is 11.2. The highest BCUT2D eigenvalue weighted by molar-refractivity contribution is 9.13. The van der Waals surface area contributed by atoms with Crippen LogP contribution in [0.15, 0.2) is 21.1 Å². The van der Waals surface area contributed by atoms with Crippen molar-refractivity contribution in [2.24, 2.45) is 0 Å². The van der Waals surface area contributed by atoms with Crippen LogP contribution < -0.4 is 4.74 Å². The van der Waals surface area contributed by atoms with Crippen molar-refractivity contribution in [1.29, 1.82) is 0 Å². The van der Waals surface area contributed by atoms with Crippen LogP contribution in [-0.2, 0) is 0 Å². The lowest BCUT2D eigenvalue weighted by Crippen LogP contribution is -1.88. The van der Waals surface area contributed by atoms with E-state index >= 15 is 0 Å². The number of aliphatic hydroxyl groups excluding tert-OH is 1. The average Bonchev–Trinajstić information content (AvgIpc) is 2.23. The summed E-state index contributed by atoms with van der Waals surface area (Å²) in [5.41, 5.74) is 0.565. The van der Waals surface area contributed by atoms with Crippen molar-refractivity contribution in [3.05, 3.63) is 26.7 Å². The van der Waals surface area contributed by atoms with E-state index in [4.69, 9.17) is 9.84 Å². The number of aliphatic hydroxyl groups is 1. The molecule has 0 radical (unpaired) electrons. The average molecular weight is 338 g/mol. The lowest BCUT2D eigenvalue weighted by Gasteiger charge is -2.09. The van der Waals surface area contributed by atoms with Gasteiger partial charge < -0.3 is 14.9 Å². The molecule has 0 heterocycles. The van der Waals surface area contributed by atoms with E-state index in [2.05, 4.69) is 31.9 Å². The molecular formula is C10H10Br2O3. The number of methoxy groups -OCH3 is 1. The minimum atomic E-state index is -0.0826. The monoisotopic (exact) mass is 336 g/mol. The van der Waals surface area contributed by atoms with Crippen molar-refractivity contribution < 1.29 is 14.9 Å².